The number of rotatable bonds is 6. The molecule has 0 unspecified atom stereocenters. The molecule has 3 rings (SSSR count). The van der Waals surface area contributed by atoms with E-state index in [1.54, 1.807) is 42.5 Å². The molecule has 0 bridgehead atoms. The van der Waals surface area contributed by atoms with Crippen LogP contribution in [0.3, 0.4) is 0 Å². The van der Waals surface area contributed by atoms with E-state index in [1.165, 1.54) is 26.4 Å². The van der Waals surface area contributed by atoms with Crippen molar-refractivity contribution in [1.29, 1.82) is 0 Å². The molecule has 0 aliphatic carbocycles. The van der Waals surface area contributed by atoms with E-state index in [4.69, 9.17) is 4.74 Å². The maximum absolute atomic E-state index is 12.4. The molecule has 3 N–H and O–H groups in total. The summed E-state index contributed by atoms with van der Waals surface area (Å²) in [6, 6.07) is 14.3. The second-order valence-corrected chi connectivity index (χ2v) is 5.82. The second-order valence-electron chi connectivity index (χ2n) is 5.82. The molecule has 0 aliphatic rings. The highest BCUT2D eigenvalue weighted by molar-refractivity contribution is 6.03. The monoisotopic (exact) mass is 377 g/mol. The summed E-state index contributed by atoms with van der Waals surface area (Å²) in [7, 11) is 1.54. The van der Waals surface area contributed by atoms with Gasteiger partial charge in [0.1, 0.15) is 17.3 Å². The number of methoxy groups -OCH3 is 1. The maximum Gasteiger partial charge on any atom is 0.275 e. The molecule has 0 saturated carbocycles. The molecule has 2 aromatic carbocycles. The average Bonchev–Trinajstić information content (AvgIpc) is 2.70. The predicted octanol–water partition coefficient (Wildman–Crippen LogP) is 3.44. The van der Waals surface area contributed by atoms with Crippen molar-refractivity contribution in [3.63, 3.8) is 0 Å². The minimum atomic E-state index is -0.386. The van der Waals surface area contributed by atoms with Gasteiger partial charge in [-0.1, -0.05) is 12.1 Å². The van der Waals surface area contributed by atoms with E-state index < -0.39 is 0 Å². The number of carbonyl (C=O) groups is 2. The molecule has 0 aliphatic heterocycles. The summed E-state index contributed by atoms with van der Waals surface area (Å²) >= 11 is 0. The number of hydrogen-bond acceptors (Lipinski definition) is 6. The molecule has 0 atom stereocenters. The molecular weight excluding hydrogens is 358 g/mol. The molecule has 1 aromatic heterocycles. The van der Waals surface area contributed by atoms with Crippen LogP contribution in [0.25, 0.3) is 0 Å². The van der Waals surface area contributed by atoms with Crippen LogP contribution in [0, 0.1) is 0 Å². The smallest absolute Gasteiger partial charge is 0.275 e. The van der Waals surface area contributed by atoms with E-state index >= 15 is 0 Å². The molecule has 8 nitrogen and oxygen atoms in total. The van der Waals surface area contributed by atoms with Crippen LogP contribution in [0.4, 0.5) is 22.9 Å². The van der Waals surface area contributed by atoms with Gasteiger partial charge >= 0.3 is 0 Å². The molecule has 28 heavy (non-hydrogen) atoms. The van der Waals surface area contributed by atoms with Crippen LogP contribution in [-0.4, -0.2) is 28.9 Å². The third-order valence-electron chi connectivity index (χ3n) is 3.72. The summed E-state index contributed by atoms with van der Waals surface area (Å²) in [5.41, 5.74) is 2.21. The van der Waals surface area contributed by atoms with E-state index in [-0.39, 0.29) is 17.5 Å². The molecule has 1 heterocycles. The van der Waals surface area contributed by atoms with Gasteiger partial charge in [-0.3, -0.25) is 9.59 Å². The Balaban J connectivity index is 1.64. The van der Waals surface area contributed by atoms with Gasteiger partial charge in [0.25, 0.3) is 5.91 Å². The highest BCUT2D eigenvalue weighted by atomic mass is 16.5. The second kappa shape index (κ2) is 8.63. The van der Waals surface area contributed by atoms with Gasteiger partial charge in [-0.05, 0) is 36.4 Å². The highest BCUT2D eigenvalue weighted by Gasteiger charge is 2.11. The molecule has 8 heteroatoms. The fourth-order valence-corrected chi connectivity index (χ4v) is 2.43. The lowest BCUT2D eigenvalue weighted by atomic mass is 10.2. The molecule has 0 fully saturated rings. The standard InChI is InChI=1S/C20H19N5O3/c1-13(26)23-14-7-9-15(10-8-14)24-19-12-21-17(11-22-19)20(27)25-16-5-3-4-6-18(16)28-2/h3-12H,1-2H3,(H,22,24)(H,23,26)(H,25,27). The Hall–Kier alpha value is -3.94. The minimum absolute atomic E-state index is 0.131. The number of amides is 2. The van der Waals surface area contributed by atoms with Gasteiger partial charge in [0.2, 0.25) is 5.91 Å². The van der Waals surface area contributed by atoms with Gasteiger partial charge in [0, 0.05) is 18.3 Å². The lowest BCUT2D eigenvalue weighted by Crippen LogP contribution is -2.14. The number of para-hydroxylation sites is 2. The lowest BCUT2D eigenvalue weighted by molar-refractivity contribution is -0.114. The van der Waals surface area contributed by atoms with E-state index in [0.29, 0.717) is 22.9 Å². The third kappa shape index (κ3) is 4.82. The Morgan fingerprint density at radius 2 is 1.61 bits per heavy atom. The summed E-state index contributed by atoms with van der Waals surface area (Å²) in [6.45, 7) is 1.45. The Morgan fingerprint density at radius 3 is 2.25 bits per heavy atom. The molecule has 0 saturated heterocycles. The number of benzene rings is 2. The minimum Gasteiger partial charge on any atom is -0.495 e. The van der Waals surface area contributed by atoms with Gasteiger partial charge in [0.05, 0.1) is 25.2 Å². The maximum atomic E-state index is 12.4. The fourth-order valence-electron chi connectivity index (χ4n) is 2.43. The van der Waals surface area contributed by atoms with E-state index in [1.807, 2.05) is 6.07 Å². The first-order chi connectivity index (χ1) is 13.5. The fraction of sp³-hybridized carbons (Fsp3) is 0.100. The number of carbonyl (C=O) groups excluding carboxylic acids is 2. The third-order valence-corrected chi connectivity index (χ3v) is 3.72. The molecule has 3 aromatic rings. The Kier molecular flexibility index (Phi) is 5.81. The first kappa shape index (κ1) is 18.8. The van der Waals surface area contributed by atoms with Crippen LogP contribution in [0.15, 0.2) is 60.9 Å². The highest BCUT2D eigenvalue weighted by Crippen LogP contribution is 2.23. The van der Waals surface area contributed by atoms with Crippen molar-refractivity contribution in [2.75, 3.05) is 23.1 Å². The normalized spacial score (nSPS) is 10.1. The van der Waals surface area contributed by atoms with Gasteiger partial charge in [-0.15, -0.1) is 0 Å². The Morgan fingerprint density at radius 1 is 0.893 bits per heavy atom. The zero-order valence-corrected chi connectivity index (χ0v) is 15.4. The van der Waals surface area contributed by atoms with E-state index in [0.717, 1.165) is 5.69 Å². The van der Waals surface area contributed by atoms with Crippen LogP contribution in [0.2, 0.25) is 0 Å². The van der Waals surface area contributed by atoms with Crippen LogP contribution < -0.4 is 20.7 Å². The predicted molar refractivity (Wildman–Crippen MR) is 107 cm³/mol. The zero-order valence-electron chi connectivity index (χ0n) is 15.4. The summed E-state index contributed by atoms with van der Waals surface area (Å²) < 4.78 is 5.21. The molecular formula is C20H19N5O3. The van der Waals surface area contributed by atoms with Crippen LogP contribution in [-0.2, 0) is 4.79 Å². The van der Waals surface area contributed by atoms with Gasteiger partial charge in [-0.2, -0.15) is 0 Å². The van der Waals surface area contributed by atoms with Crippen LogP contribution >= 0.6 is 0 Å². The van der Waals surface area contributed by atoms with E-state index in [2.05, 4.69) is 25.9 Å². The zero-order chi connectivity index (χ0) is 19.9. The van der Waals surface area contributed by atoms with Crippen LogP contribution in [0.5, 0.6) is 5.75 Å². The number of nitrogens with zero attached hydrogens (tertiary/aromatic N) is 2. The van der Waals surface area contributed by atoms with Crippen LogP contribution in [0.1, 0.15) is 17.4 Å². The number of ether oxygens (including phenoxy) is 1. The van der Waals surface area contributed by atoms with Crippen molar-refractivity contribution in [2.24, 2.45) is 0 Å². The molecule has 0 radical (unpaired) electrons. The van der Waals surface area contributed by atoms with Crippen molar-refractivity contribution in [1.82, 2.24) is 9.97 Å². The number of nitrogens with one attached hydrogen (secondary N) is 3. The largest absolute Gasteiger partial charge is 0.495 e. The lowest BCUT2D eigenvalue weighted by Gasteiger charge is -2.10. The quantitative estimate of drug-likeness (QED) is 0.608. The molecule has 142 valence electrons. The van der Waals surface area contributed by atoms with Crippen molar-refractivity contribution in [2.45, 2.75) is 6.92 Å². The first-order valence-electron chi connectivity index (χ1n) is 8.46. The number of hydrogen-bond donors (Lipinski definition) is 3. The summed E-state index contributed by atoms with van der Waals surface area (Å²) in [5.74, 6) is 0.530. The van der Waals surface area contributed by atoms with Gasteiger partial charge < -0.3 is 20.7 Å². The summed E-state index contributed by atoms with van der Waals surface area (Å²) in [5, 5.41) is 8.52. The van der Waals surface area contributed by atoms with Gasteiger partial charge in [0.15, 0.2) is 0 Å². The van der Waals surface area contributed by atoms with E-state index in [9.17, 15) is 9.59 Å². The topological polar surface area (TPSA) is 105 Å². The average molecular weight is 377 g/mol. The van der Waals surface area contributed by atoms with Gasteiger partial charge in [-0.25, -0.2) is 9.97 Å². The van der Waals surface area contributed by atoms with Crippen molar-refractivity contribution >= 4 is 34.7 Å². The number of aromatic nitrogens is 2. The molecule has 2 amide bonds. The van der Waals surface area contributed by atoms with Crippen molar-refractivity contribution < 1.29 is 14.3 Å². The first-order valence-corrected chi connectivity index (χ1v) is 8.46. The van der Waals surface area contributed by atoms with Crippen molar-refractivity contribution in [3.05, 3.63) is 66.6 Å². The SMILES string of the molecule is COc1ccccc1NC(=O)c1cnc(Nc2ccc(NC(C)=O)cc2)cn1. The molecule has 0 spiro atoms. The summed E-state index contributed by atoms with van der Waals surface area (Å²) in [4.78, 5) is 31.8. The summed E-state index contributed by atoms with van der Waals surface area (Å²) in [6.07, 6.45) is 2.86. The van der Waals surface area contributed by atoms with Crippen molar-refractivity contribution in [3.8, 4) is 5.75 Å². The number of anilines is 4. The Labute approximate surface area is 162 Å². The Bertz CT molecular complexity index is 972.